The lowest BCUT2D eigenvalue weighted by atomic mass is 9.96. The first-order chi connectivity index (χ1) is 14.0. The predicted octanol–water partition coefficient (Wildman–Crippen LogP) is 3.04. The van der Waals surface area contributed by atoms with Crippen LogP contribution in [0.25, 0.3) is 22.0 Å². The van der Waals surface area contributed by atoms with Crippen LogP contribution in [0.4, 0.5) is 10.3 Å². The van der Waals surface area contributed by atoms with Crippen LogP contribution in [0, 0.1) is 5.92 Å². The van der Waals surface area contributed by atoms with Crippen molar-refractivity contribution in [3.8, 4) is 11.1 Å². The van der Waals surface area contributed by atoms with E-state index in [0.717, 1.165) is 48.0 Å². The molecule has 0 spiro atoms. The number of hydrogen-bond donors (Lipinski definition) is 1. The number of amides is 1. The molecule has 2 aromatic heterocycles. The Labute approximate surface area is 168 Å². The minimum Gasteiger partial charge on any atom is -0.300 e. The Bertz CT molecular complexity index is 1010. The first kappa shape index (κ1) is 19.4. The predicted molar refractivity (Wildman–Crippen MR) is 110 cm³/mol. The average molecular weight is 396 g/mol. The summed E-state index contributed by atoms with van der Waals surface area (Å²) in [6, 6.07) is 5.94. The van der Waals surface area contributed by atoms with Gasteiger partial charge in [-0.15, -0.1) is 0 Å². The smallest absolute Gasteiger partial charge is 0.229 e. The van der Waals surface area contributed by atoms with Crippen molar-refractivity contribution in [2.75, 3.05) is 25.0 Å². The maximum absolute atomic E-state index is 13.2. The molecule has 1 fully saturated rings. The molecule has 0 aliphatic carbocycles. The van der Waals surface area contributed by atoms with Crippen LogP contribution in [0.2, 0.25) is 0 Å². The van der Waals surface area contributed by atoms with Crippen LogP contribution in [0.15, 0.2) is 36.8 Å². The number of nitrogens with one attached hydrogen (secondary N) is 1. The van der Waals surface area contributed by atoms with E-state index >= 15 is 0 Å². The summed E-state index contributed by atoms with van der Waals surface area (Å²) in [5.74, 6) is 0.147. The number of nitrogens with zero attached hydrogens (tertiary/aromatic N) is 5. The highest BCUT2D eigenvalue weighted by molar-refractivity contribution is 5.92. The van der Waals surface area contributed by atoms with E-state index < -0.39 is 6.17 Å². The second kappa shape index (κ2) is 8.24. The van der Waals surface area contributed by atoms with Gasteiger partial charge in [-0.05, 0) is 44.5 Å². The standard InChI is InChI=1S/C21H25FN6O/c1-14(22)12-28-7-5-15(6-8-28)20(29)26-21-23-10-17-4-3-16(9-19(17)25-21)18-11-24-27(2)13-18/h3-4,9-11,13-15H,5-8,12H2,1-2H3,(H,23,25,26,29). The van der Waals surface area contributed by atoms with Crippen molar-refractivity contribution in [3.63, 3.8) is 0 Å². The van der Waals surface area contributed by atoms with E-state index in [9.17, 15) is 9.18 Å². The van der Waals surface area contributed by atoms with Gasteiger partial charge in [0.25, 0.3) is 0 Å². The minimum absolute atomic E-state index is 0.0688. The monoisotopic (exact) mass is 396 g/mol. The lowest BCUT2D eigenvalue weighted by Gasteiger charge is -2.31. The maximum Gasteiger partial charge on any atom is 0.229 e. The van der Waals surface area contributed by atoms with Crippen LogP contribution in [0.5, 0.6) is 0 Å². The Morgan fingerprint density at radius 2 is 2.07 bits per heavy atom. The van der Waals surface area contributed by atoms with Gasteiger partial charge in [0, 0.05) is 42.9 Å². The molecule has 1 unspecified atom stereocenters. The Morgan fingerprint density at radius 3 is 2.76 bits per heavy atom. The Morgan fingerprint density at radius 1 is 1.28 bits per heavy atom. The van der Waals surface area contributed by atoms with Crippen LogP contribution in [0.1, 0.15) is 19.8 Å². The fourth-order valence-corrected chi connectivity index (χ4v) is 3.78. The molecule has 1 saturated heterocycles. The van der Waals surface area contributed by atoms with Crippen molar-refractivity contribution >= 4 is 22.8 Å². The van der Waals surface area contributed by atoms with Crippen molar-refractivity contribution in [1.82, 2.24) is 24.6 Å². The fourth-order valence-electron chi connectivity index (χ4n) is 3.78. The van der Waals surface area contributed by atoms with Gasteiger partial charge in [0.2, 0.25) is 11.9 Å². The number of fused-ring (bicyclic) bond motifs is 1. The van der Waals surface area contributed by atoms with Crippen LogP contribution in [0.3, 0.4) is 0 Å². The zero-order valence-corrected chi connectivity index (χ0v) is 16.7. The molecule has 0 bridgehead atoms. The number of carbonyl (C=O) groups is 1. The number of likely N-dealkylation sites (tertiary alicyclic amines) is 1. The molecule has 1 amide bonds. The summed E-state index contributed by atoms with van der Waals surface area (Å²) in [6.07, 6.45) is 6.07. The highest BCUT2D eigenvalue weighted by Crippen LogP contribution is 2.24. The summed E-state index contributed by atoms with van der Waals surface area (Å²) in [5.41, 5.74) is 2.78. The topological polar surface area (TPSA) is 75.9 Å². The molecular weight excluding hydrogens is 371 g/mol. The lowest BCUT2D eigenvalue weighted by molar-refractivity contribution is -0.121. The van der Waals surface area contributed by atoms with E-state index in [1.807, 2.05) is 31.4 Å². The summed E-state index contributed by atoms with van der Waals surface area (Å²) in [7, 11) is 1.88. The maximum atomic E-state index is 13.2. The van der Waals surface area contributed by atoms with Crippen LogP contribution in [-0.4, -0.2) is 56.4 Å². The molecule has 29 heavy (non-hydrogen) atoms. The van der Waals surface area contributed by atoms with Crippen LogP contribution < -0.4 is 5.32 Å². The lowest BCUT2D eigenvalue weighted by Crippen LogP contribution is -2.40. The van der Waals surface area contributed by atoms with Gasteiger partial charge in [0.15, 0.2) is 0 Å². The van der Waals surface area contributed by atoms with Crippen molar-refractivity contribution in [2.45, 2.75) is 25.9 Å². The van der Waals surface area contributed by atoms with Crippen molar-refractivity contribution < 1.29 is 9.18 Å². The Hall–Kier alpha value is -2.87. The summed E-state index contributed by atoms with van der Waals surface area (Å²) in [6.45, 7) is 3.47. The van der Waals surface area contributed by atoms with E-state index in [1.165, 1.54) is 0 Å². The van der Waals surface area contributed by atoms with E-state index in [-0.39, 0.29) is 11.8 Å². The molecule has 152 valence electrons. The third-order valence-electron chi connectivity index (χ3n) is 5.32. The number of benzene rings is 1. The number of aromatic nitrogens is 4. The normalized spacial score (nSPS) is 16.8. The van der Waals surface area contributed by atoms with E-state index in [4.69, 9.17) is 0 Å². The number of aryl methyl sites for hydroxylation is 1. The van der Waals surface area contributed by atoms with Crippen molar-refractivity contribution in [2.24, 2.45) is 13.0 Å². The number of rotatable bonds is 5. The summed E-state index contributed by atoms with van der Waals surface area (Å²) in [4.78, 5) is 23.5. The molecule has 1 N–H and O–H groups in total. The second-order valence-electron chi connectivity index (χ2n) is 7.71. The average Bonchev–Trinajstić information content (AvgIpc) is 3.14. The van der Waals surface area contributed by atoms with Gasteiger partial charge in [-0.3, -0.25) is 14.8 Å². The zero-order valence-electron chi connectivity index (χ0n) is 16.7. The molecule has 0 radical (unpaired) electrons. The molecule has 3 heterocycles. The van der Waals surface area contributed by atoms with Gasteiger partial charge in [-0.1, -0.05) is 12.1 Å². The number of anilines is 1. The number of piperidine rings is 1. The van der Waals surface area contributed by atoms with Crippen molar-refractivity contribution in [3.05, 3.63) is 36.8 Å². The van der Waals surface area contributed by atoms with E-state index in [1.54, 1.807) is 24.0 Å². The third-order valence-corrected chi connectivity index (χ3v) is 5.32. The van der Waals surface area contributed by atoms with Gasteiger partial charge in [0.05, 0.1) is 11.7 Å². The van der Waals surface area contributed by atoms with Crippen LogP contribution >= 0.6 is 0 Å². The largest absolute Gasteiger partial charge is 0.300 e. The molecule has 7 nitrogen and oxygen atoms in total. The number of alkyl halides is 1. The SMILES string of the molecule is CC(F)CN1CCC(C(=O)Nc2ncc3ccc(-c4cnn(C)c4)cc3n2)CC1. The number of halogens is 1. The van der Waals surface area contributed by atoms with Gasteiger partial charge in [-0.2, -0.15) is 5.10 Å². The third kappa shape index (κ3) is 4.59. The molecule has 1 aliphatic rings. The molecule has 1 aliphatic heterocycles. The highest BCUT2D eigenvalue weighted by atomic mass is 19.1. The molecular formula is C21H25FN6O. The molecule has 8 heteroatoms. The summed E-state index contributed by atoms with van der Waals surface area (Å²) < 4.78 is 14.9. The van der Waals surface area contributed by atoms with Gasteiger partial charge in [0.1, 0.15) is 6.17 Å². The first-order valence-corrected chi connectivity index (χ1v) is 9.91. The second-order valence-corrected chi connectivity index (χ2v) is 7.71. The van der Waals surface area contributed by atoms with E-state index in [2.05, 4.69) is 25.3 Å². The van der Waals surface area contributed by atoms with E-state index in [0.29, 0.717) is 12.5 Å². The Balaban J connectivity index is 1.44. The Kier molecular flexibility index (Phi) is 5.53. The molecule has 1 aromatic carbocycles. The van der Waals surface area contributed by atoms with Crippen molar-refractivity contribution in [1.29, 1.82) is 0 Å². The molecule has 4 rings (SSSR count). The van der Waals surface area contributed by atoms with Crippen LogP contribution in [-0.2, 0) is 11.8 Å². The first-order valence-electron chi connectivity index (χ1n) is 9.91. The van der Waals surface area contributed by atoms with Gasteiger partial charge < -0.3 is 4.90 Å². The van der Waals surface area contributed by atoms with Gasteiger partial charge >= 0.3 is 0 Å². The zero-order chi connectivity index (χ0) is 20.4. The molecule has 3 aromatic rings. The fraction of sp³-hybridized carbons (Fsp3) is 0.429. The highest BCUT2D eigenvalue weighted by Gasteiger charge is 2.26. The molecule has 0 saturated carbocycles. The number of hydrogen-bond acceptors (Lipinski definition) is 5. The summed E-state index contributed by atoms with van der Waals surface area (Å²) in [5, 5.41) is 7.96. The molecule has 1 atom stereocenters. The van der Waals surface area contributed by atoms with Gasteiger partial charge in [-0.25, -0.2) is 14.4 Å². The minimum atomic E-state index is -0.845. The quantitative estimate of drug-likeness (QED) is 0.717. The number of carbonyl (C=O) groups excluding carboxylic acids is 1. The summed E-state index contributed by atoms with van der Waals surface area (Å²) >= 11 is 0.